The number of alkyl halides is 3. The fraction of sp³-hybridized carbons (Fsp3) is 0.300. The zero-order valence-electron chi connectivity index (χ0n) is 22.7. The number of amides is 1. The molecule has 1 amide bonds. The monoisotopic (exact) mass is 561 g/mol. The van der Waals surface area contributed by atoms with E-state index in [4.69, 9.17) is 0 Å². The standard InChI is InChI=1S/C30H30F3N7O/c1-19-3-4-22(14-27(19)39-29-36-10-7-26(38-29)23-16-34-18-35-17-23)28(41)37-24-6-5-21(25(15-24)30(31,32)33)13-20-8-11-40(2)12-9-20/h3-7,10,14-18,20H,8-9,11-13H2,1-2H3,(H,37,41)(H,36,38,39). The van der Waals surface area contributed by atoms with Gasteiger partial charge in [0, 0.05) is 41.1 Å². The van der Waals surface area contributed by atoms with E-state index in [9.17, 15) is 18.0 Å². The van der Waals surface area contributed by atoms with Crippen molar-refractivity contribution >= 4 is 23.2 Å². The Morgan fingerprint density at radius 2 is 1.80 bits per heavy atom. The molecule has 11 heteroatoms. The molecule has 1 aliphatic rings. The third kappa shape index (κ3) is 7.04. The largest absolute Gasteiger partial charge is 0.416 e. The van der Waals surface area contributed by atoms with E-state index in [-0.39, 0.29) is 22.7 Å². The van der Waals surface area contributed by atoms with Crippen molar-refractivity contribution in [1.29, 1.82) is 0 Å². The Labute approximate surface area is 236 Å². The van der Waals surface area contributed by atoms with E-state index in [1.165, 1.54) is 18.5 Å². The molecular formula is C30H30F3N7O. The van der Waals surface area contributed by atoms with Crippen molar-refractivity contribution in [3.05, 3.63) is 89.6 Å². The van der Waals surface area contributed by atoms with Crippen molar-refractivity contribution in [3.63, 3.8) is 0 Å². The van der Waals surface area contributed by atoms with Crippen LogP contribution in [0.1, 0.15) is 39.9 Å². The number of aromatic nitrogens is 4. The molecule has 0 saturated carbocycles. The van der Waals surface area contributed by atoms with E-state index in [1.54, 1.807) is 42.9 Å². The molecule has 41 heavy (non-hydrogen) atoms. The number of aryl methyl sites for hydroxylation is 1. The van der Waals surface area contributed by atoms with Crippen LogP contribution in [0.5, 0.6) is 0 Å². The molecule has 2 aromatic carbocycles. The molecule has 0 unspecified atom stereocenters. The number of nitrogens with zero attached hydrogens (tertiary/aromatic N) is 5. The first-order valence-corrected chi connectivity index (χ1v) is 13.3. The number of halogens is 3. The molecule has 4 aromatic rings. The van der Waals surface area contributed by atoms with Crippen LogP contribution in [0.3, 0.4) is 0 Å². The first-order valence-electron chi connectivity index (χ1n) is 13.3. The van der Waals surface area contributed by atoms with Gasteiger partial charge in [-0.3, -0.25) is 4.79 Å². The van der Waals surface area contributed by atoms with E-state index in [1.807, 2.05) is 14.0 Å². The Kier molecular flexibility index (Phi) is 8.25. The van der Waals surface area contributed by atoms with Gasteiger partial charge in [0.25, 0.3) is 5.91 Å². The smallest absolute Gasteiger partial charge is 0.324 e. The lowest BCUT2D eigenvalue weighted by atomic mass is 9.88. The summed E-state index contributed by atoms with van der Waals surface area (Å²) < 4.78 is 42.0. The van der Waals surface area contributed by atoms with Gasteiger partial charge in [-0.2, -0.15) is 13.2 Å². The number of nitrogens with one attached hydrogen (secondary N) is 2. The summed E-state index contributed by atoms with van der Waals surface area (Å²) in [5.41, 5.74) is 2.67. The molecule has 8 nitrogen and oxygen atoms in total. The third-order valence-corrected chi connectivity index (χ3v) is 7.28. The van der Waals surface area contributed by atoms with Crippen LogP contribution in [0, 0.1) is 12.8 Å². The maximum absolute atomic E-state index is 14.0. The fourth-order valence-corrected chi connectivity index (χ4v) is 4.91. The number of carbonyl (C=O) groups excluding carboxylic acids is 1. The van der Waals surface area contributed by atoms with Crippen LogP contribution in [0.4, 0.5) is 30.5 Å². The highest BCUT2D eigenvalue weighted by atomic mass is 19.4. The Morgan fingerprint density at radius 3 is 2.54 bits per heavy atom. The van der Waals surface area contributed by atoms with E-state index < -0.39 is 17.6 Å². The van der Waals surface area contributed by atoms with Gasteiger partial charge in [0.1, 0.15) is 6.33 Å². The summed E-state index contributed by atoms with van der Waals surface area (Å²) >= 11 is 0. The number of hydrogen-bond acceptors (Lipinski definition) is 7. The van der Waals surface area contributed by atoms with E-state index in [0.717, 1.165) is 43.1 Å². The summed E-state index contributed by atoms with van der Waals surface area (Å²) in [4.78, 5) is 32.0. The van der Waals surface area contributed by atoms with Gasteiger partial charge in [0.15, 0.2) is 0 Å². The van der Waals surface area contributed by atoms with Crippen LogP contribution >= 0.6 is 0 Å². The number of rotatable bonds is 7. The molecular weight excluding hydrogens is 531 g/mol. The van der Waals surface area contributed by atoms with Gasteiger partial charge in [-0.25, -0.2) is 19.9 Å². The second-order valence-corrected chi connectivity index (χ2v) is 10.3. The van der Waals surface area contributed by atoms with Crippen LogP contribution < -0.4 is 10.6 Å². The zero-order chi connectivity index (χ0) is 29.0. The second-order valence-electron chi connectivity index (χ2n) is 10.3. The lowest BCUT2D eigenvalue weighted by molar-refractivity contribution is -0.138. The Bertz CT molecular complexity index is 1520. The van der Waals surface area contributed by atoms with Crippen LogP contribution in [0.2, 0.25) is 0 Å². The second kappa shape index (κ2) is 12.0. The first kappa shape index (κ1) is 28.2. The summed E-state index contributed by atoms with van der Waals surface area (Å²) in [5.74, 6) is -0.0145. The minimum Gasteiger partial charge on any atom is -0.324 e. The lowest BCUT2D eigenvalue weighted by Gasteiger charge is -2.29. The molecule has 0 radical (unpaired) electrons. The Morgan fingerprint density at radius 1 is 1.05 bits per heavy atom. The van der Waals surface area contributed by atoms with Crippen LogP contribution in [-0.2, 0) is 12.6 Å². The summed E-state index contributed by atoms with van der Waals surface area (Å²) in [7, 11) is 2.02. The van der Waals surface area contributed by atoms with Crippen molar-refractivity contribution in [3.8, 4) is 11.3 Å². The molecule has 0 atom stereocenters. The van der Waals surface area contributed by atoms with Crippen LogP contribution in [0.15, 0.2) is 67.4 Å². The van der Waals surface area contributed by atoms with Crippen LogP contribution in [0.25, 0.3) is 11.3 Å². The van der Waals surface area contributed by atoms with Crippen molar-refractivity contribution in [2.45, 2.75) is 32.4 Å². The molecule has 2 N–H and O–H groups in total. The van der Waals surface area contributed by atoms with E-state index in [0.29, 0.717) is 23.8 Å². The minimum absolute atomic E-state index is 0.0886. The normalized spacial score (nSPS) is 14.6. The van der Waals surface area contributed by atoms with Crippen LogP contribution in [-0.4, -0.2) is 50.9 Å². The molecule has 0 spiro atoms. The van der Waals surface area contributed by atoms with E-state index in [2.05, 4.69) is 35.5 Å². The quantitative estimate of drug-likeness (QED) is 0.280. The molecule has 2 aromatic heterocycles. The number of piperidine rings is 1. The summed E-state index contributed by atoms with van der Waals surface area (Å²) in [5, 5.41) is 5.75. The number of carbonyl (C=O) groups is 1. The molecule has 5 rings (SSSR count). The van der Waals surface area contributed by atoms with E-state index >= 15 is 0 Å². The maximum atomic E-state index is 14.0. The van der Waals surface area contributed by atoms with Crippen molar-refractivity contribution in [2.24, 2.45) is 5.92 Å². The summed E-state index contributed by atoms with van der Waals surface area (Å²) in [6.45, 7) is 3.62. The fourth-order valence-electron chi connectivity index (χ4n) is 4.91. The SMILES string of the molecule is Cc1ccc(C(=O)Nc2ccc(CC3CCN(C)CC3)c(C(F)(F)F)c2)cc1Nc1nccc(-c2cncnc2)n1. The number of hydrogen-bond donors (Lipinski definition) is 2. The van der Waals surface area contributed by atoms with Gasteiger partial charge >= 0.3 is 6.18 Å². The zero-order valence-corrected chi connectivity index (χ0v) is 22.7. The van der Waals surface area contributed by atoms with Gasteiger partial charge in [0.2, 0.25) is 5.95 Å². The number of likely N-dealkylation sites (tertiary alicyclic amines) is 1. The van der Waals surface area contributed by atoms with Gasteiger partial charge in [0.05, 0.1) is 11.3 Å². The highest BCUT2D eigenvalue weighted by Gasteiger charge is 2.34. The Hall–Kier alpha value is -4.38. The highest BCUT2D eigenvalue weighted by Crippen LogP contribution is 2.36. The average molecular weight is 562 g/mol. The molecule has 1 aliphatic heterocycles. The predicted molar refractivity (Wildman–Crippen MR) is 151 cm³/mol. The van der Waals surface area contributed by atoms with Gasteiger partial charge in [-0.15, -0.1) is 0 Å². The molecule has 1 saturated heterocycles. The predicted octanol–water partition coefficient (Wildman–Crippen LogP) is 6.14. The van der Waals surface area contributed by atoms with Crippen molar-refractivity contribution < 1.29 is 18.0 Å². The molecule has 0 aliphatic carbocycles. The van der Waals surface area contributed by atoms with Gasteiger partial charge < -0.3 is 15.5 Å². The van der Waals surface area contributed by atoms with Crippen molar-refractivity contribution in [2.75, 3.05) is 30.8 Å². The summed E-state index contributed by atoms with van der Waals surface area (Å²) in [6.07, 6.45) is 3.88. The average Bonchev–Trinajstić information content (AvgIpc) is 2.96. The number of anilines is 3. The minimum atomic E-state index is -4.52. The topological polar surface area (TPSA) is 95.9 Å². The third-order valence-electron chi connectivity index (χ3n) is 7.28. The van der Waals surface area contributed by atoms with Gasteiger partial charge in [-0.1, -0.05) is 12.1 Å². The van der Waals surface area contributed by atoms with Crippen molar-refractivity contribution in [1.82, 2.24) is 24.8 Å². The number of benzene rings is 2. The Balaban J connectivity index is 1.32. The summed E-state index contributed by atoms with van der Waals surface area (Å²) in [6, 6.07) is 10.8. The lowest BCUT2D eigenvalue weighted by Crippen LogP contribution is -2.31. The first-order chi connectivity index (χ1) is 19.7. The molecule has 212 valence electrons. The molecule has 1 fully saturated rings. The molecule has 3 heterocycles. The molecule has 0 bridgehead atoms. The highest BCUT2D eigenvalue weighted by molar-refractivity contribution is 6.05. The maximum Gasteiger partial charge on any atom is 0.416 e. The van der Waals surface area contributed by atoms with Gasteiger partial charge in [-0.05, 0) is 93.7 Å².